The van der Waals surface area contributed by atoms with Crippen molar-refractivity contribution in [2.45, 2.75) is 37.0 Å². The van der Waals surface area contributed by atoms with E-state index in [1.165, 1.54) is 12.1 Å². The van der Waals surface area contributed by atoms with Crippen LogP contribution in [-0.2, 0) is 9.84 Å². The van der Waals surface area contributed by atoms with Crippen LogP contribution in [0.2, 0.25) is 0 Å². The molecule has 0 aliphatic carbocycles. The van der Waals surface area contributed by atoms with Crippen molar-refractivity contribution >= 4 is 9.84 Å². The summed E-state index contributed by atoms with van der Waals surface area (Å²) in [6, 6.07) is 6.36. The summed E-state index contributed by atoms with van der Waals surface area (Å²) < 4.78 is 23.5. The Bertz CT molecular complexity index is 416. The molecule has 0 saturated heterocycles. The average molecular weight is 228 g/mol. The van der Waals surface area contributed by atoms with Crippen molar-refractivity contribution < 1.29 is 13.5 Å². The minimum Gasteiger partial charge on any atom is -0.389 e. The molecule has 0 amide bonds. The van der Waals surface area contributed by atoms with Crippen LogP contribution in [0.5, 0.6) is 0 Å². The highest BCUT2D eigenvalue weighted by molar-refractivity contribution is 7.92. The minimum atomic E-state index is -3.20. The third-order valence-electron chi connectivity index (χ3n) is 2.31. The van der Waals surface area contributed by atoms with Gasteiger partial charge in [-0.2, -0.15) is 0 Å². The Hall–Kier alpha value is -0.870. The van der Waals surface area contributed by atoms with E-state index in [-0.39, 0.29) is 0 Å². The summed E-state index contributed by atoms with van der Waals surface area (Å²) in [5.41, 5.74) is 0.720. The van der Waals surface area contributed by atoms with Gasteiger partial charge in [0.25, 0.3) is 0 Å². The van der Waals surface area contributed by atoms with E-state index in [0.717, 1.165) is 5.56 Å². The van der Waals surface area contributed by atoms with Crippen LogP contribution in [-0.4, -0.2) is 18.8 Å². The van der Waals surface area contributed by atoms with Crippen LogP contribution in [0.25, 0.3) is 0 Å². The maximum atomic E-state index is 11.8. The lowest BCUT2D eigenvalue weighted by atomic mass is 10.1. The Morgan fingerprint density at radius 2 is 1.53 bits per heavy atom. The van der Waals surface area contributed by atoms with Gasteiger partial charge in [-0.1, -0.05) is 12.1 Å². The number of benzene rings is 1. The van der Waals surface area contributed by atoms with Crippen molar-refractivity contribution in [1.82, 2.24) is 0 Å². The zero-order valence-corrected chi connectivity index (χ0v) is 9.95. The molecule has 1 aromatic carbocycles. The summed E-state index contributed by atoms with van der Waals surface area (Å²) >= 11 is 0. The van der Waals surface area contributed by atoms with E-state index in [1.807, 2.05) is 0 Å². The zero-order valence-electron chi connectivity index (χ0n) is 9.14. The Kier molecular flexibility index (Phi) is 3.52. The van der Waals surface area contributed by atoms with Crippen LogP contribution in [0, 0.1) is 0 Å². The van der Waals surface area contributed by atoms with Crippen LogP contribution < -0.4 is 0 Å². The fourth-order valence-electron chi connectivity index (χ4n) is 1.21. The zero-order chi connectivity index (χ0) is 11.6. The van der Waals surface area contributed by atoms with Gasteiger partial charge in [-0.25, -0.2) is 8.42 Å². The predicted octanol–water partition coefficient (Wildman–Crippen LogP) is 1.92. The molecule has 3 nitrogen and oxygen atoms in total. The van der Waals surface area contributed by atoms with Crippen molar-refractivity contribution in [2.24, 2.45) is 0 Å². The first-order valence-electron chi connectivity index (χ1n) is 4.87. The molecule has 0 bridgehead atoms. The summed E-state index contributed by atoms with van der Waals surface area (Å²) in [5.74, 6) is 0. The highest BCUT2D eigenvalue weighted by atomic mass is 32.2. The number of aliphatic hydroxyl groups is 1. The van der Waals surface area contributed by atoms with Crippen LogP contribution in [0.4, 0.5) is 0 Å². The quantitative estimate of drug-likeness (QED) is 0.860. The normalized spacial score (nSPS) is 14.2. The van der Waals surface area contributed by atoms with E-state index in [4.69, 9.17) is 0 Å². The Morgan fingerprint density at radius 3 is 1.87 bits per heavy atom. The third-order valence-corrected chi connectivity index (χ3v) is 4.48. The van der Waals surface area contributed by atoms with Crippen LogP contribution in [0.3, 0.4) is 0 Å². The molecule has 0 spiro atoms. The Morgan fingerprint density at radius 1 is 1.07 bits per heavy atom. The standard InChI is InChI=1S/C11H16O3S/c1-8(2)15(13,14)11-6-4-10(5-7-11)9(3)12/h4-9,12H,1-3H3. The van der Waals surface area contributed by atoms with Gasteiger partial charge >= 0.3 is 0 Å². The van der Waals surface area contributed by atoms with Gasteiger partial charge in [0.05, 0.1) is 16.2 Å². The Labute approximate surface area is 90.7 Å². The topological polar surface area (TPSA) is 54.4 Å². The number of hydrogen-bond acceptors (Lipinski definition) is 3. The third kappa shape index (κ3) is 2.58. The van der Waals surface area contributed by atoms with E-state index in [0.29, 0.717) is 4.90 Å². The molecule has 0 aliphatic heterocycles. The van der Waals surface area contributed by atoms with Gasteiger partial charge in [-0.05, 0) is 38.5 Å². The van der Waals surface area contributed by atoms with Crippen molar-refractivity contribution in [3.63, 3.8) is 0 Å². The second-order valence-corrected chi connectivity index (χ2v) is 6.34. The molecule has 1 unspecified atom stereocenters. The maximum Gasteiger partial charge on any atom is 0.180 e. The van der Waals surface area contributed by atoms with E-state index >= 15 is 0 Å². The highest BCUT2D eigenvalue weighted by Gasteiger charge is 2.18. The molecule has 1 atom stereocenters. The van der Waals surface area contributed by atoms with Crippen molar-refractivity contribution in [3.8, 4) is 0 Å². The van der Waals surface area contributed by atoms with Gasteiger partial charge in [0.15, 0.2) is 9.84 Å². The van der Waals surface area contributed by atoms with E-state index in [1.54, 1.807) is 32.9 Å². The number of sulfone groups is 1. The summed E-state index contributed by atoms with van der Waals surface area (Å²) in [4.78, 5) is 0.307. The number of rotatable bonds is 3. The largest absolute Gasteiger partial charge is 0.389 e. The van der Waals surface area contributed by atoms with Crippen molar-refractivity contribution in [1.29, 1.82) is 0 Å². The minimum absolute atomic E-state index is 0.307. The summed E-state index contributed by atoms with van der Waals surface area (Å²) in [7, 11) is -3.20. The molecular formula is C11H16O3S. The van der Waals surface area contributed by atoms with Crippen molar-refractivity contribution in [2.75, 3.05) is 0 Å². The molecule has 4 heteroatoms. The second kappa shape index (κ2) is 4.33. The molecule has 0 heterocycles. The SMILES string of the molecule is CC(O)c1ccc(S(=O)(=O)C(C)C)cc1. The van der Waals surface area contributed by atoms with Crippen LogP contribution >= 0.6 is 0 Å². The van der Waals surface area contributed by atoms with Gasteiger partial charge in [0.1, 0.15) is 0 Å². The predicted molar refractivity (Wildman–Crippen MR) is 59.4 cm³/mol. The molecule has 0 fully saturated rings. The molecule has 84 valence electrons. The lowest BCUT2D eigenvalue weighted by Crippen LogP contribution is -2.13. The number of aliphatic hydroxyl groups excluding tert-OH is 1. The summed E-state index contributed by atoms with van der Waals surface area (Å²) in [6.45, 7) is 4.95. The molecule has 0 radical (unpaired) electrons. The average Bonchev–Trinajstić information content (AvgIpc) is 2.17. The van der Waals surface area contributed by atoms with Crippen LogP contribution in [0.15, 0.2) is 29.2 Å². The summed E-state index contributed by atoms with van der Waals surface area (Å²) in [5, 5.41) is 8.86. The first-order chi connectivity index (χ1) is 6.85. The molecule has 0 aliphatic rings. The van der Waals surface area contributed by atoms with E-state index in [2.05, 4.69) is 0 Å². The van der Waals surface area contributed by atoms with Crippen molar-refractivity contribution in [3.05, 3.63) is 29.8 Å². The maximum absolute atomic E-state index is 11.8. The van der Waals surface area contributed by atoms with Gasteiger partial charge in [-0.15, -0.1) is 0 Å². The lowest BCUT2D eigenvalue weighted by molar-refractivity contribution is 0.199. The van der Waals surface area contributed by atoms with E-state index in [9.17, 15) is 13.5 Å². The second-order valence-electron chi connectivity index (χ2n) is 3.84. The molecule has 1 aromatic rings. The Balaban J connectivity index is 3.10. The fraction of sp³-hybridized carbons (Fsp3) is 0.455. The monoisotopic (exact) mass is 228 g/mol. The van der Waals surface area contributed by atoms with Crippen LogP contribution in [0.1, 0.15) is 32.4 Å². The molecule has 0 saturated carbocycles. The summed E-state index contributed by atoms with van der Waals surface area (Å²) in [6.07, 6.45) is -0.569. The molecule has 1 rings (SSSR count). The highest BCUT2D eigenvalue weighted by Crippen LogP contribution is 2.19. The lowest BCUT2D eigenvalue weighted by Gasteiger charge is -2.09. The van der Waals surface area contributed by atoms with Gasteiger partial charge in [0, 0.05) is 0 Å². The van der Waals surface area contributed by atoms with Gasteiger partial charge in [-0.3, -0.25) is 0 Å². The fourth-order valence-corrected chi connectivity index (χ4v) is 2.27. The van der Waals surface area contributed by atoms with Gasteiger partial charge in [0.2, 0.25) is 0 Å². The molecule has 0 aromatic heterocycles. The van der Waals surface area contributed by atoms with Gasteiger partial charge < -0.3 is 5.11 Å². The molecule has 1 N–H and O–H groups in total. The number of hydrogen-bond donors (Lipinski definition) is 1. The smallest absolute Gasteiger partial charge is 0.180 e. The first-order valence-corrected chi connectivity index (χ1v) is 6.42. The molecular weight excluding hydrogens is 212 g/mol. The molecule has 15 heavy (non-hydrogen) atoms. The first kappa shape index (κ1) is 12.2. The van der Waals surface area contributed by atoms with E-state index < -0.39 is 21.2 Å².